The normalized spacial score (nSPS) is 10.7. The van der Waals surface area contributed by atoms with Gasteiger partial charge in [0.05, 0.1) is 13.5 Å². The number of halogens is 1. The molecule has 0 aliphatic heterocycles. The number of nitrogens with zero attached hydrogens (tertiary/aromatic N) is 3. The molecule has 4 rings (SSSR count). The Morgan fingerprint density at radius 1 is 0.969 bits per heavy atom. The molecule has 6 nitrogen and oxygen atoms in total. The third kappa shape index (κ3) is 5.15. The van der Waals surface area contributed by atoms with Crippen LogP contribution in [0.15, 0.2) is 72.8 Å². The number of anilines is 1. The van der Waals surface area contributed by atoms with Gasteiger partial charge < -0.3 is 10.1 Å². The molecule has 0 spiro atoms. The molecular weight excluding hydrogens is 424 g/mol. The van der Waals surface area contributed by atoms with Gasteiger partial charge in [-0.1, -0.05) is 65.7 Å². The van der Waals surface area contributed by atoms with Crippen molar-refractivity contribution in [3.63, 3.8) is 0 Å². The Morgan fingerprint density at radius 2 is 1.62 bits per heavy atom. The lowest BCUT2D eigenvalue weighted by molar-refractivity contribution is 0.0901. The fourth-order valence-electron chi connectivity index (χ4n) is 3.20. The predicted molar refractivity (Wildman–Crippen MR) is 126 cm³/mol. The Hall–Kier alpha value is -3.64. The monoisotopic (exact) mass is 446 g/mol. The third-order valence-electron chi connectivity index (χ3n) is 5.03. The minimum atomic E-state index is -0.181. The molecule has 0 aliphatic rings. The summed E-state index contributed by atoms with van der Waals surface area (Å²) < 4.78 is 6.53. The number of aryl methyl sites for hydroxylation is 1. The van der Waals surface area contributed by atoms with E-state index >= 15 is 0 Å². The molecule has 0 fully saturated rings. The zero-order valence-electron chi connectivity index (χ0n) is 17.9. The number of carbonyl (C=O) groups is 1. The van der Waals surface area contributed by atoms with Gasteiger partial charge in [0.2, 0.25) is 5.95 Å². The molecule has 1 aromatic heterocycles. The molecule has 0 saturated carbocycles. The largest absolute Gasteiger partial charge is 0.497 e. The molecule has 32 heavy (non-hydrogen) atoms. The van der Waals surface area contributed by atoms with E-state index in [1.165, 1.54) is 4.68 Å². The van der Waals surface area contributed by atoms with Crippen LogP contribution >= 0.6 is 11.6 Å². The van der Waals surface area contributed by atoms with E-state index in [9.17, 15) is 4.79 Å². The van der Waals surface area contributed by atoms with E-state index in [1.807, 2.05) is 79.7 Å². The number of benzene rings is 3. The number of aromatic nitrogens is 3. The Morgan fingerprint density at radius 3 is 2.28 bits per heavy atom. The maximum absolute atomic E-state index is 13.1. The Kier molecular flexibility index (Phi) is 6.52. The maximum Gasteiger partial charge on any atom is 0.254 e. The number of rotatable bonds is 7. The Bertz CT molecular complexity index is 1200. The Labute approximate surface area is 191 Å². The maximum atomic E-state index is 13.1. The van der Waals surface area contributed by atoms with Gasteiger partial charge in [0.15, 0.2) is 5.82 Å². The van der Waals surface area contributed by atoms with E-state index in [0.717, 1.165) is 28.0 Å². The zero-order chi connectivity index (χ0) is 22.5. The summed E-state index contributed by atoms with van der Waals surface area (Å²) in [6.45, 7) is 2.51. The summed E-state index contributed by atoms with van der Waals surface area (Å²) in [6.07, 6.45) is 0.191. The molecular formula is C25H23ClN4O2. The van der Waals surface area contributed by atoms with Crippen molar-refractivity contribution in [3.8, 4) is 17.1 Å². The van der Waals surface area contributed by atoms with E-state index in [0.29, 0.717) is 23.3 Å². The van der Waals surface area contributed by atoms with Crippen LogP contribution in [0.1, 0.15) is 21.5 Å². The van der Waals surface area contributed by atoms with Crippen molar-refractivity contribution in [1.29, 1.82) is 0 Å². The van der Waals surface area contributed by atoms with Crippen LogP contribution in [0.2, 0.25) is 5.02 Å². The van der Waals surface area contributed by atoms with Crippen molar-refractivity contribution in [2.75, 3.05) is 12.4 Å². The van der Waals surface area contributed by atoms with Crippen molar-refractivity contribution in [2.45, 2.75) is 19.9 Å². The van der Waals surface area contributed by atoms with Crippen LogP contribution in [0.25, 0.3) is 11.4 Å². The lowest BCUT2D eigenvalue weighted by atomic mass is 10.1. The predicted octanol–water partition coefficient (Wildman–Crippen LogP) is 5.41. The summed E-state index contributed by atoms with van der Waals surface area (Å²) in [4.78, 5) is 17.7. The van der Waals surface area contributed by atoms with E-state index < -0.39 is 0 Å². The van der Waals surface area contributed by atoms with Crippen molar-refractivity contribution in [1.82, 2.24) is 14.8 Å². The quantitative estimate of drug-likeness (QED) is 0.411. The summed E-state index contributed by atoms with van der Waals surface area (Å²) in [5.41, 5.74) is 3.88. The fraction of sp³-hybridized carbons (Fsp3) is 0.160. The number of nitrogens with one attached hydrogen (secondary N) is 1. The average molecular weight is 447 g/mol. The smallest absolute Gasteiger partial charge is 0.254 e. The zero-order valence-corrected chi connectivity index (χ0v) is 18.6. The van der Waals surface area contributed by atoms with Crippen molar-refractivity contribution in [3.05, 3.63) is 94.5 Å². The highest BCUT2D eigenvalue weighted by Gasteiger charge is 2.18. The first-order chi connectivity index (χ1) is 15.5. The first-order valence-corrected chi connectivity index (χ1v) is 10.6. The number of methoxy groups -OCH3 is 1. The van der Waals surface area contributed by atoms with Gasteiger partial charge in [-0.2, -0.15) is 9.67 Å². The second-order valence-corrected chi connectivity index (χ2v) is 7.87. The van der Waals surface area contributed by atoms with Crippen molar-refractivity contribution in [2.24, 2.45) is 0 Å². The van der Waals surface area contributed by atoms with Gasteiger partial charge in [-0.05, 0) is 42.3 Å². The topological polar surface area (TPSA) is 69.0 Å². The molecule has 0 radical (unpaired) electrons. The minimum absolute atomic E-state index is 0.181. The van der Waals surface area contributed by atoms with Crippen LogP contribution in [-0.4, -0.2) is 27.8 Å². The standard InChI is InChI=1S/C25H23ClN4O2/c1-17-3-9-20(10-4-17)24-28-25(27-16-19-5-11-21(26)12-6-19)30(29-24)23(31)15-18-7-13-22(32-2)14-8-18/h3-14H,15-16H2,1-2H3,(H,27,28,29). The molecule has 0 atom stereocenters. The van der Waals surface area contributed by atoms with Gasteiger partial charge in [0.25, 0.3) is 5.91 Å². The van der Waals surface area contributed by atoms with Crippen LogP contribution in [0, 0.1) is 6.92 Å². The van der Waals surface area contributed by atoms with Gasteiger partial charge in [-0.25, -0.2) is 0 Å². The molecule has 162 valence electrons. The number of hydrogen-bond donors (Lipinski definition) is 1. The summed E-state index contributed by atoms with van der Waals surface area (Å²) >= 11 is 5.97. The molecule has 3 aromatic carbocycles. The summed E-state index contributed by atoms with van der Waals surface area (Å²) in [5.74, 6) is 1.45. The van der Waals surface area contributed by atoms with E-state index in [4.69, 9.17) is 16.3 Å². The van der Waals surface area contributed by atoms with Gasteiger partial charge in [0.1, 0.15) is 5.75 Å². The summed E-state index contributed by atoms with van der Waals surface area (Å²) in [5, 5.41) is 8.43. The Balaban J connectivity index is 1.60. The molecule has 0 bridgehead atoms. The minimum Gasteiger partial charge on any atom is -0.497 e. The van der Waals surface area contributed by atoms with Crippen molar-refractivity contribution >= 4 is 23.5 Å². The van der Waals surface area contributed by atoms with Crippen molar-refractivity contribution < 1.29 is 9.53 Å². The number of carbonyl (C=O) groups excluding carboxylic acids is 1. The van der Waals surface area contributed by atoms with Crippen LogP contribution in [-0.2, 0) is 13.0 Å². The first kappa shape index (κ1) is 21.6. The van der Waals surface area contributed by atoms with Gasteiger partial charge in [0, 0.05) is 17.1 Å². The SMILES string of the molecule is COc1ccc(CC(=O)n2nc(-c3ccc(C)cc3)nc2NCc2ccc(Cl)cc2)cc1. The molecule has 0 unspecified atom stereocenters. The van der Waals surface area contributed by atoms with E-state index in [-0.39, 0.29) is 12.3 Å². The molecule has 4 aromatic rings. The second-order valence-electron chi connectivity index (χ2n) is 7.44. The summed E-state index contributed by atoms with van der Waals surface area (Å²) in [6, 6.07) is 22.8. The van der Waals surface area contributed by atoms with Crippen LogP contribution in [0.4, 0.5) is 5.95 Å². The van der Waals surface area contributed by atoms with Gasteiger partial charge >= 0.3 is 0 Å². The molecule has 0 amide bonds. The molecule has 7 heteroatoms. The average Bonchev–Trinajstić information content (AvgIpc) is 3.24. The lowest BCUT2D eigenvalue weighted by Crippen LogP contribution is -2.18. The fourth-order valence-corrected chi connectivity index (χ4v) is 3.33. The lowest BCUT2D eigenvalue weighted by Gasteiger charge is -2.08. The summed E-state index contributed by atoms with van der Waals surface area (Å²) in [7, 11) is 1.61. The van der Waals surface area contributed by atoms with E-state index in [1.54, 1.807) is 7.11 Å². The molecule has 0 aliphatic carbocycles. The second kappa shape index (κ2) is 9.66. The van der Waals surface area contributed by atoms with Gasteiger partial charge in [-0.15, -0.1) is 5.10 Å². The molecule has 1 N–H and O–H groups in total. The van der Waals surface area contributed by atoms with E-state index in [2.05, 4.69) is 15.4 Å². The van der Waals surface area contributed by atoms with Crippen LogP contribution in [0.3, 0.4) is 0 Å². The highest BCUT2D eigenvalue weighted by molar-refractivity contribution is 6.30. The first-order valence-electron chi connectivity index (χ1n) is 10.2. The van der Waals surface area contributed by atoms with Gasteiger partial charge in [-0.3, -0.25) is 4.79 Å². The number of ether oxygens (including phenoxy) is 1. The molecule has 1 heterocycles. The van der Waals surface area contributed by atoms with Crippen LogP contribution < -0.4 is 10.1 Å². The number of hydrogen-bond acceptors (Lipinski definition) is 5. The highest BCUT2D eigenvalue weighted by atomic mass is 35.5. The van der Waals surface area contributed by atoms with Crippen LogP contribution in [0.5, 0.6) is 5.75 Å². The molecule has 0 saturated heterocycles. The third-order valence-corrected chi connectivity index (χ3v) is 5.28. The highest BCUT2D eigenvalue weighted by Crippen LogP contribution is 2.20.